The SMILES string of the molecule is O=S(=O)(c1ccccc1Br)n1cc(CCN2CCCCC2)c2ccccc21. The number of para-hydroxylation sites is 1. The Hall–Kier alpha value is -1.63. The summed E-state index contributed by atoms with van der Waals surface area (Å²) in [5.41, 5.74) is 1.83. The van der Waals surface area contributed by atoms with E-state index in [1.807, 2.05) is 36.5 Å². The van der Waals surface area contributed by atoms with E-state index in [1.54, 1.807) is 18.2 Å². The second-order valence-corrected chi connectivity index (χ2v) is 9.69. The molecule has 27 heavy (non-hydrogen) atoms. The summed E-state index contributed by atoms with van der Waals surface area (Å²) in [4.78, 5) is 2.77. The van der Waals surface area contributed by atoms with Crippen molar-refractivity contribution in [1.82, 2.24) is 8.87 Å². The molecule has 0 atom stereocenters. The lowest BCUT2D eigenvalue weighted by Crippen LogP contribution is -2.31. The van der Waals surface area contributed by atoms with Crippen LogP contribution in [0.4, 0.5) is 0 Å². The number of rotatable bonds is 5. The maximum atomic E-state index is 13.3. The van der Waals surface area contributed by atoms with Crippen molar-refractivity contribution in [3.05, 3.63) is 64.8 Å². The van der Waals surface area contributed by atoms with Crippen molar-refractivity contribution in [2.24, 2.45) is 0 Å². The van der Waals surface area contributed by atoms with Gasteiger partial charge in [0.2, 0.25) is 0 Å². The molecular weight excluding hydrogens is 424 g/mol. The Balaban J connectivity index is 1.72. The highest BCUT2D eigenvalue weighted by atomic mass is 79.9. The lowest BCUT2D eigenvalue weighted by molar-refractivity contribution is 0.231. The molecule has 3 aromatic rings. The minimum Gasteiger partial charge on any atom is -0.303 e. The van der Waals surface area contributed by atoms with Gasteiger partial charge in [-0.3, -0.25) is 0 Å². The molecule has 142 valence electrons. The van der Waals surface area contributed by atoms with Crippen LogP contribution in [0.3, 0.4) is 0 Å². The second kappa shape index (κ2) is 7.78. The van der Waals surface area contributed by atoms with Crippen LogP contribution in [0.2, 0.25) is 0 Å². The zero-order valence-corrected chi connectivity index (χ0v) is 17.5. The van der Waals surface area contributed by atoms with Crippen molar-refractivity contribution < 1.29 is 8.42 Å². The van der Waals surface area contributed by atoms with Gasteiger partial charge in [0.05, 0.1) is 5.52 Å². The van der Waals surface area contributed by atoms with E-state index >= 15 is 0 Å². The summed E-state index contributed by atoms with van der Waals surface area (Å²) in [5.74, 6) is 0. The number of hydrogen-bond donors (Lipinski definition) is 0. The maximum absolute atomic E-state index is 13.3. The summed E-state index contributed by atoms with van der Waals surface area (Å²) in [6.07, 6.45) is 6.51. The van der Waals surface area contributed by atoms with E-state index in [4.69, 9.17) is 0 Å². The van der Waals surface area contributed by atoms with Crippen LogP contribution < -0.4 is 0 Å². The van der Waals surface area contributed by atoms with E-state index in [2.05, 4.69) is 20.8 Å². The number of nitrogens with zero attached hydrogens (tertiary/aromatic N) is 2. The largest absolute Gasteiger partial charge is 0.303 e. The van der Waals surface area contributed by atoms with Gasteiger partial charge in [-0.05, 0) is 72.0 Å². The molecule has 1 aliphatic heterocycles. The van der Waals surface area contributed by atoms with Gasteiger partial charge >= 0.3 is 0 Å². The third-order valence-corrected chi connectivity index (χ3v) is 7.97. The molecule has 1 fully saturated rings. The highest BCUT2D eigenvalue weighted by Crippen LogP contribution is 2.29. The predicted molar refractivity (Wildman–Crippen MR) is 113 cm³/mol. The molecule has 1 aromatic heterocycles. The summed E-state index contributed by atoms with van der Waals surface area (Å²) in [5, 5.41) is 1.02. The van der Waals surface area contributed by atoms with Crippen LogP contribution >= 0.6 is 15.9 Å². The van der Waals surface area contributed by atoms with Gasteiger partial charge in [0.25, 0.3) is 10.0 Å². The van der Waals surface area contributed by atoms with Crippen molar-refractivity contribution in [3.63, 3.8) is 0 Å². The molecule has 1 saturated heterocycles. The molecule has 0 saturated carbocycles. The first-order chi connectivity index (χ1) is 13.1. The summed E-state index contributed by atoms with van der Waals surface area (Å²) >= 11 is 3.38. The number of likely N-dealkylation sites (tertiary alicyclic amines) is 1. The van der Waals surface area contributed by atoms with E-state index in [9.17, 15) is 8.42 Å². The summed E-state index contributed by atoms with van der Waals surface area (Å²) < 4.78 is 28.6. The summed E-state index contributed by atoms with van der Waals surface area (Å²) in [6, 6.07) is 14.7. The van der Waals surface area contributed by atoms with E-state index in [1.165, 1.54) is 23.2 Å². The Bertz CT molecular complexity index is 1050. The molecule has 6 heteroatoms. The minimum atomic E-state index is -3.66. The van der Waals surface area contributed by atoms with E-state index in [-0.39, 0.29) is 4.90 Å². The number of halogens is 1. The number of piperidine rings is 1. The van der Waals surface area contributed by atoms with Crippen LogP contribution in [0.1, 0.15) is 24.8 Å². The van der Waals surface area contributed by atoms with Crippen molar-refractivity contribution in [2.45, 2.75) is 30.6 Å². The van der Waals surface area contributed by atoms with Gasteiger partial charge in [-0.2, -0.15) is 0 Å². The van der Waals surface area contributed by atoms with Crippen LogP contribution in [-0.4, -0.2) is 36.9 Å². The number of aromatic nitrogens is 1. The zero-order chi connectivity index (χ0) is 18.9. The fraction of sp³-hybridized carbons (Fsp3) is 0.333. The number of benzene rings is 2. The van der Waals surface area contributed by atoms with Gasteiger partial charge in [-0.15, -0.1) is 0 Å². The molecule has 0 amide bonds. The third-order valence-electron chi connectivity index (χ3n) is 5.28. The molecule has 2 aromatic carbocycles. The second-order valence-electron chi connectivity index (χ2n) is 7.06. The molecule has 0 N–H and O–H groups in total. The standard InChI is InChI=1S/C21H23BrN2O2S/c22-19-9-3-5-11-21(19)27(25,26)24-16-17(18-8-2-4-10-20(18)24)12-15-23-13-6-1-7-14-23/h2-5,8-11,16H,1,6-7,12-15H2. The van der Waals surface area contributed by atoms with Crippen LogP contribution in [0.25, 0.3) is 10.9 Å². The smallest absolute Gasteiger partial charge is 0.269 e. The zero-order valence-electron chi connectivity index (χ0n) is 15.1. The highest BCUT2D eigenvalue weighted by Gasteiger charge is 2.23. The topological polar surface area (TPSA) is 42.3 Å². The number of hydrogen-bond acceptors (Lipinski definition) is 3. The Morgan fingerprint density at radius 1 is 0.926 bits per heavy atom. The monoisotopic (exact) mass is 446 g/mol. The van der Waals surface area contributed by atoms with Crippen molar-refractivity contribution >= 4 is 36.9 Å². The summed E-state index contributed by atoms with van der Waals surface area (Å²) in [6.45, 7) is 3.27. The van der Waals surface area contributed by atoms with Crippen LogP contribution in [0, 0.1) is 0 Å². The van der Waals surface area contributed by atoms with Gasteiger partial charge in [-0.25, -0.2) is 12.4 Å². The van der Waals surface area contributed by atoms with Crippen LogP contribution in [0.15, 0.2) is 64.1 Å². The first-order valence-electron chi connectivity index (χ1n) is 9.39. The fourth-order valence-electron chi connectivity index (χ4n) is 3.84. The lowest BCUT2D eigenvalue weighted by atomic mass is 10.1. The van der Waals surface area contributed by atoms with Crippen molar-refractivity contribution in [2.75, 3.05) is 19.6 Å². The van der Waals surface area contributed by atoms with E-state index < -0.39 is 10.0 Å². The first kappa shape index (κ1) is 18.7. The summed E-state index contributed by atoms with van der Waals surface area (Å²) in [7, 11) is -3.66. The average Bonchev–Trinajstić information content (AvgIpc) is 3.07. The quantitative estimate of drug-likeness (QED) is 0.571. The predicted octanol–water partition coefficient (Wildman–Crippen LogP) is 4.67. The molecule has 4 rings (SSSR count). The van der Waals surface area contributed by atoms with Gasteiger partial charge in [0.1, 0.15) is 4.90 Å². The molecule has 4 nitrogen and oxygen atoms in total. The molecule has 0 spiro atoms. The van der Waals surface area contributed by atoms with E-state index in [0.29, 0.717) is 4.47 Å². The van der Waals surface area contributed by atoms with Gasteiger partial charge in [0, 0.05) is 22.6 Å². The average molecular weight is 447 g/mol. The van der Waals surface area contributed by atoms with Gasteiger partial charge < -0.3 is 4.90 Å². The van der Waals surface area contributed by atoms with Crippen LogP contribution in [0.5, 0.6) is 0 Å². The molecule has 2 heterocycles. The molecule has 1 aliphatic rings. The molecule has 0 aliphatic carbocycles. The molecular formula is C21H23BrN2O2S. The van der Waals surface area contributed by atoms with Crippen molar-refractivity contribution in [3.8, 4) is 0 Å². The highest BCUT2D eigenvalue weighted by molar-refractivity contribution is 9.10. The third kappa shape index (κ3) is 3.71. The van der Waals surface area contributed by atoms with Gasteiger partial charge in [0.15, 0.2) is 0 Å². The van der Waals surface area contributed by atoms with Crippen LogP contribution in [-0.2, 0) is 16.4 Å². The lowest BCUT2D eigenvalue weighted by Gasteiger charge is -2.26. The Morgan fingerprint density at radius 3 is 2.41 bits per heavy atom. The molecule has 0 unspecified atom stereocenters. The Labute approximate surface area is 169 Å². The van der Waals surface area contributed by atoms with Gasteiger partial charge in [-0.1, -0.05) is 36.8 Å². The van der Waals surface area contributed by atoms with E-state index in [0.717, 1.165) is 42.5 Å². The Morgan fingerprint density at radius 2 is 1.63 bits per heavy atom. The minimum absolute atomic E-state index is 0.285. The normalized spacial score (nSPS) is 16.0. The Kier molecular flexibility index (Phi) is 5.39. The van der Waals surface area contributed by atoms with Crippen molar-refractivity contribution in [1.29, 1.82) is 0 Å². The first-order valence-corrected chi connectivity index (χ1v) is 11.6. The maximum Gasteiger partial charge on any atom is 0.269 e. The number of fused-ring (bicyclic) bond motifs is 1. The molecule has 0 radical (unpaired) electrons. The fourth-order valence-corrected chi connectivity index (χ4v) is 6.20. The molecule has 0 bridgehead atoms.